The normalized spacial score (nSPS) is 26.4. The van der Waals surface area contributed by atoms with Gasteiger partial charge in [0.25, 0.3) is 0 Å². The molecule has 0 fully saturated rings. The molecule has 8 heteroatoms. The summed E-state index contributed by atoms with van der Waals surface area (Å²) in [5.41, 5.74) is 0. The van der Waals surface area contributed by atoms with E-state index in [9.17, 15) is 0 Å². The van der Waals surface area contributed by atoms with Crippen molar-refractivity contribution in [2.75, 3.05) is 0 Å². The quantitative estimate of drug-likeness (QED) is 0.621. The molecule has 0 aromatic heterocycles. The number of hydrogen-bond acceptors (Lipinski definition) is 6. The molecule has 51 valence electrons. The van der Waals surface area contributed by atoms with Gasteiger partial charge in [-0.25, -0.2) is 0 Å². The second kappa shape index (κ2) is 0.513. The van der Waals surface area contributed by atoms with Crippen LogP contribution in [0.5, 0.6) is 0 Å². The van der Waals surface area contributed by atoms with Crippen LogP contribution in [0.3, 0.4) is 0 Å². The van der Waals surface area contributed by atoms with E-state index in [0.29, 0.717) is 0 Å². The number of halogens is 1. The Morgan fingerprint density at radius 3 is 0.750 bits per heavy atom. The summed E-state index contributed by atoms with van der Waals surface area (Å²) < 4.78 is 54.0. The van der Waals surface area contributed by atoms with Gasteiger partial charge >= 0.3 is 41.0 Å². The summed E-state index contributed by atoms with van der Waals surface area (Å²) in [6.45, 7) is 0. The maximum absolute atomic E-state index is 10.8. The summed E-state index contributed by atoms with van der Waals surface area (Å²) in [7, 11) is -7.64. The van der Waals surface area contributed by atoms with Crippen molar-refractivity contribution in [2.45, 2.75) is 0 Å². The molecule has 0 aliphatic carbocycles. The Hall–Kier alpha value is -0.274. The summed E-state index contributed by atoms with van der Waals surface area (Å²) in [5.74, 6) is 0. The first kappa shape index (κ1) is 7.73. The van der Waals surface area contributed by atoms with Crippen molar-refractivity contribution in [1.29, 1.82) is 0 Å². The second-order valence-electron chi connectivity index (χ2n) is 1.21. The molecule has 0 atom stereocenters. The second-order valence-corrected chi connectivity index (χ2v) is 15.3. The summed E-state index contributed by atoms with van der Waals surface area (Å²) in [6, 6.07) is 0. The van der Waals surface area contributed by atoms with Gasteiger partial charge in [0.05, 0.1) is 0 Å². The Kier molecular flexibility index (Phi) is 0.496. The van der Waals surface area contributed by atoms with E-state index in [4.69, 9.17) is 21.2 Å². The number of hydrogen-bond donors (Lipinski definition) is 0. The first-order chi connectivity index (χ1) is 2.65. The first-order valence-corrected chi connectivity index (χ1v) is 10.4. The monoisotopic (exact) mass is 323 g/mol. The van der Waals surface area contributed by atoms with E-state index >= 15 is 0 Å². The molecule has 0 spiro atoms. The van der Waals surface area contributed by atoms with Crippen molar-refractivity contribution in [3.8, 4) is 0 Å². The van der Waals surface area contributed by atoms with Crippen molar-refractivity contribution in [3.63, 3.8) is 0 Å². The third-order valence-electron chi connectivity index (χ3n) is 0. The molecule has 0 amide bonds. The van der Waals surface area contributed by atoms with Gasteiger partial charge in [-0.15, -0.1) is 0 Å². The van der Waals surface area contributed by atoms with Crippen LogP contribution in [0.15, 0.2) is 0 Å². The zero-order chi connectivity index (χ0) is 7.38. The molecule has 0 rings (SSSR count). The van der Waals surface area contributed by atoms with Crippen LogP contribution in [-0.2, 0) is 31.4 Å². The molecule has 0 saturated carbocycles. The van der Waals surface area contributed by atoms with Gasteiger partial charge in [-0.3, -0.25) is 0 Å². The van der Waals surface area contributed by atoms with E-state index in [1.807, 2.05) is 0 Å². The van der Waals surface area contributed by atoms with Crippen molar-refractivity contribution in [1.82, 2.24) is 0 Å². The molecule has 0 bridgehead atoms. The van der Waals surface area contributed by atoms with Crippen molar-refractivity contribution >= 4 is 9.64 Å². The predicted molar refractivity (Wildman–Crippen MR) is 9.97 cm³/mol. The molecular formula is ClO6Os. The van der Waals surface area contributed by atoms with E-state index in [1.54, 1.807) is 0 Å². The molecule has 0 aromatic carbocycles. The molecule has 0 heterocycles. The summed E-state index contributed by atoms with van der Waals surface area (Å²) in [5, 5.41) is 0. The average Bonchev–Trinajstić information content (AvgIpc) is 0.544. The minimum absolute atomic E-state index is 3.15. The minimum atomic E-state index is -10.8. The zero-order valence-corrected chi connectivity index (χ0v) is 6.48. The van der Waals surface area contributed by atoms with Crippen molar-refractivity contribution in [2.24, 2.45) is 0 Å². The van der Waals surface area contributed by atoms with Gasteiger partial charge in [0.1, 0.15) is 0 Å². The Morgan fingerprint density at radius 1 is 0.750 bits per heavy atom. The standard InChI is InChI=1S/ClH.6O.Os/h1H;;;;;;;/q;;;;;;;+1/p-1. The Balaban J connectivity index is 9.04. The van der Waals surface area contributed by atoms with Crippen LogP contribution in [0.4, 0.5) is 0 Å². The predicted octanol–water partition coefficient (Wildman–Crippen LogP) is -0.0258. The molecule has 6 nitrogen and oxygen atoms in total. The molecule has 0 N–H and O–H groups in total. The van der Waals surface area contributed by atoms with E-state index in [2.05, 4.69) is 9.64 Å². The fourth-order valence-corrected chi connectivity index (χ4v) is 0. The van der Waals surface area contributed by atoms with Crippen LogP contribution >= 0.6 is 9.64 Å². The van der Waals surface area contributed by atoms with Gasteiger partial charge in [0.15, 0.2) is 0 Å². The Morgan fingerprint density at radius 2 is 0.750 bits per heavy atom. The Labute approximate surface area is 41.6 Å². The van der Waals surface area contributed by atoms with Crippen molar-refractivity contribution in [3.05, 3.63) is 0 Å². The fraction of sp³-hybridized carbons (Fsp3) is 0. The van der Waals surface area contributed by atoms with Crippen LogP contribution in [0.2, 0.25) is 0 Å². The molecule has 0 radical (unpaired) electrons. The average molecular weight is 322 g/mol. The summed E-state index contributed by atoms with van der Waals surface area (Å²) in [4.78, 5) is 0. The molecule has 0 aliphatic rings. The van der Waals surface area contributed by atoms with Crippen LogP contribution in [-0.4, -0.2) is 0 Å². The molecule has 0 aliphatic heterocycles. The van der Waals surface area contributed by atoms with Gasteiger partial charge in [-0.2, -0.15) is 0 Å². The molecule has 0 saturated heterocycles. The van der Waals surface area contributed by atoms with Crippen LogP contribution in [0.25, 0.3) is 0 Å². The Bertz CT molecular complexity index is 576. The van der Waals surface area contributed by atoms with Gasteiger partial charge in [0.2, 0.25) is 0 Å². The topological polar surface area (TPSA) is 102 Å². The van der Waals surface area contributed by atoms with Crippen molar-refractivity contribution < 1.29 is 31.4 Å². The van der Waals surface area contributed by atoms with E-state index in [0.717, 1.165) is 0 Å². The third-order valence-corrected chi connectivity index (χ3v) is 0. The van der Waals surface area contributed by atoms with Gasteiger partial charge in [-0.05, 0) is 0 Å². The summed E-state index contributed by atoms with van der Waals surface area (Å²) in [6.07, 6.45) is 0. The van der Waals surface area contributed by atoms with Crippen LogP contribution in [0.1, 0.15) is 0 Å². The van der Waals surface area contributed by atoms with Gasteiger partial charge in [-0.1, -0.05) is 0 Å². The first-order valence-electron chi connectivity index (χ1n) is 1.000. The van der Waals surface area contributed by atoms with E-state index < -0.39 is 10.2 Å². The van der Waals surface area contributed by atoms with Gasteiger partial charge < -0.3 is 0 Å². The van der Waals surface area contributed by atoms with Crippen LogP contribution < -0.4 is 0 Å². The van der Waals surface area contributed by atoms with E-state index in [1.165, 1.54) is 0 Å². The molecular weight excluding hydrogens is 322 g/mol. The molecule has 8 heavy (non-hydrogen) atoms. The third kappa shape index (κ3) is 1710. The maximum atomic E-state index is 9.00. The summed E-state index contributed by atoms with van der Waals surface area (Å²) >= 11 is 0. The van der Waals surface area contributed by atoms with Crippen LogP contribution in [0, 0.1) is 0 Å². The van der Waals surface area contributed by atoms with E-state index in [-0.39, 0.29) is 0 Å². The van der Waals surface area contributed by atoms with Gasteiger partial charge in [0, 0.05) is 0 Å². The molecule has 0 unspecified atom stereocenters. The SMILES string of the molecule is [O]=[Os](=[O])(=[O])(=[O])(=[O])(=[O])[Cl]. The molecule has 0 aromatic rings. The zero-order valence-electron chi connectivity index (χ0n) is 3.18. The number of rotatable bonds is 0. The fourth-order valence-electron chi connectivity index (χ4n) is 0.